The number of rotatable bonds is 13. The molecule has 1 saturated heterocycles. The molecule has 3 aromatic rings. The highest BCUT2D eigenvalue weighted by molar-refractivity contribution is 7.68. The van der Waals surface area contributed by atoms with Crippen molar-refractivity contribution in [1.29, 1.82) is 0 Å². The van der Waals surface area contributed by atoms with Crippen molar-refractivity contribution in [2.45, 2.75) is 31.1 Å². The number of aliphatic hydroxyl groups excluding tert-OH is 2. The second-order valence-corrected chi connectivity index (χ2v) is 14.3. The van der Waals surface area contributed by atoms with E-state index in [4.69, 9.17) is 10.5 Å². The lowest BCUT2D eigenvalue weighted by atomic mass is 10.1. The minimum atomic E-state index is -6.43. The monoisotopic (exact) mass is 673 g/mol. The number of fused-ring (bicyclic) bond motifs is 1. The number of hydrogen-bond donors (Lipinski definition) is 3. The molecule has 4 N–H and O–H groups in total. The van der Waals surface area contributed by atoms with Gasteiger partial charge in [0.2, 0.25) is 0 Å². The van der Waals surface area contributed by atoms with Crippen LogP contribution in [0.15, 0.2) is 43.0 Å². The van der Waals surface area contributed by atoms with Crippen LogP contribution in [0, 0.1) is 0 Å². The van der Waals surface area contributed by atoms with E-state index in [2.05, 4.69) is 36.9 Å². The van der Waals surface area contributed by atoms with E-state index in [9.17, 15) is 48.0 Å². The van der Waals surface area contributed by atoms with Crippen molar-refractivity contribution in [1.82, 2.24) is 19.5 Å². The summed E-state index contributed by atoms with van der Waals surface area (Å²) in [5.74, 6) is -0.00817. The van der Waals surface area contributed by atoms with Gasteiger partial charge in [0, 0.05) is 0 Å². The Morgan fingerprint density at radius 2 is 1.45 bits per heavy atom. The first-order chi connectivity index (χ1) is 19.5. The molecule has 5 unspecified atom stereocenters. The van der Waals surface area contributed by atoms with Crippen LogP contribution in [0.3, 0.4) is 0 Å². The first-order valence-electron chi connectivity index (χ1n) is 11.1. The van der Waals surface area contributed by atoms with E-state index in [1.807, 2.05) is 0 Å². The highest BCUT2D eigenvalue weighted by Gasteiger charge is 2.45. The van der Waals surface area contributed by atoms with Gasteiger partial charge in [0.25, 0.3) is 31.3 Å². The lowest BCUT2D eigenvalue weighted by Crippen LogP contribution is -2.34. The maximum absolute atomic E-state index is 12.1. The van der Waals surface area contributed by atoms with Gasteiger partial charge in [0.15, 0.2) is 17.7 Å². The van der Waals surface area contributed by atoms with Crippen LogP contribution in [0.1, 0.15) is 11.8 Å². The molecule has 1 aliphatic heterocycles. The van der Waals surface area contributed by atoms with Crippen molar-refractivity contribution in [3.05, 3.63) is 48.5 Å². The summed E-state index contributed by atoms with van der Waals surface area (Å²) in [5, 5.41) is 20.7. The van der Waals surface area contributed by atoms with Crippen molar-refractivity contribution in [3.8, 4) is 0 Å². The first-order valence-corrected chi connectivity index (χ1v) is 17.0. The van der Waals surface area contributed by atoms with Crippen LogP contribution < -0.4 is 25.3 Å². The second kappa shape index (κ2) is 12.6. The largest absolute Gasteiger partial charge is 0.756 e. The Morgan fingerprint density at radius 1 is 0.857 bits per heavy atom. The summed E-state index contributed by atoms with van der Waals surface area (Å²) in [6.45, 7) is -1.85. The van der Waals surface area contributed by atoms with Gasteiger partial charge in [-0.2, -0.15) is 0 Å². The van der Waals surface area contributed by atoms with Crippen LogP contribution in [0.5, 0.6) is 0 Å². The number of nitrogens with zero attached hydrogens (tertiary/aromatic N) is 4. The number of hydrogen-bond acceptors (Lipinski definition) is 20. The molecule has 232 valence electrons. The summed E-state index contributed by atoms with van der Waals surface area (Å²) in [4.78, 5) is 59.2. The number of ether oxygens (including phenoxy) is 1. The summed E-state index contributed by atoms with van der Waals surface area (Å²) in [6, 6.07) is 7.46. The molecule has 0 radical (unpaired) electrons. The van der Waals surface area contributed by atoms with Crippen LogP contribution in [-0.2, 0) is 51.6 Å². The van der Waals surface area contributed by atoms with Gasteiger partial charge in [0.1, 0.15) is 30.2 Å². The van der Waals surface area contributed by atoms with Gasteiger partial charge in [-0.15, -0.1) is 0 Å². The number of anilines is 1. The number of aromatic nitrogens is 4. The van der Waals surface area contributed by atoms with Gasteiger partial charge >= 0.3 is 0 Å². The van der Waals surface area contributed by atoms with Gasteiger partial charge in [0.05, 0.1) is 19.5 Å². The predicted molar refractivity (Wildman–Crippen MR) is 127 cm³/mol. The number of imidazole rings is 1. The number of nitrogen functional groups attached to an aromatic ring is 1. The zero-order chi connectivity index (χ0) is 30.9. The minimum absolute atomic E-state index is 0.00817. The zero-order valence-electron chi connectivity index (χ0n) is 20.5. The SMILES string of the molecule is Nc1ncnc2c1ncn2[C@@H]1O[C@H](COP(=O)([O-])OP(=O)([O-])OP(=O)([O-])OP(=O)([O-])OCc2ccccc2)C(O)[C@@H]1O. The third-order valence-electron chi connectivity index (χ3n) is 5.23. The Balaban J connectivity index is 1.33. The van der Waals surface area contributed by atoms with Crippen molar-refractivity contribution < 1.29 is 74.8 Å². The molecule has 0 bridgehead atoms. The van der Waals surface area contributed by atoms with Crippen molar-refractivity contribution in [2.75, 3.05) is 12.3 Å². The number of phosphoric ester groups is 2. The highest BCUT2D eigenvalue weighted by Crippen LogP contribution is 2.66. The molecule has 0 saturated carbocycles. The molecular formula is C17H19N5O16P4-4. The predicted octanol–water partition coefficient (Wildman–Crippen LogP) is -1.82. The van der Waals surface area contributed by atoms with Gasteiger partial charge in [-0.1, -0.05) is 30.3 Å². The van der Waals surface area contributed by atoms with Crippen LogP contribution >= 0.6 is 31.3 Å². The number of phosphoric acid groups is 4. The Bertz CT molecular complexity index is 1610. The lowest BCUT2D eigenvalue weighted by Gasteiger charge is -2.36. The average molecular weight is 673 g/mol. The van der Waals surface area contributed by atoms with Gasteiger partial charge in [-0.25, -0.2) is 27.9 Å². The normalized spacial score (nSPS) is 26.7. The Hall–Kier alpha value is -1.99. The fourth-order valence-electron chi connectivity index (χ4n) is 3.49. The van der Waals surface area contributed by atoms with E-state index in [0.29, 0.717) is 0 Å². The molecule has 21 nitrogen and oxygen atoms in total. The fourth-order valence-corrected chi connectivity index (χ4v) is 8.22. The Morgan fingerprint density at radius 3 is 2.10 bits per heavy atom. The number of aliphatic hydroxyl groups is 2. The summed E-state index contributed by atoms with van der Waals surface area (Å²) in [7, 11) is -24.5. The minimum Gasteiger partial charge on any atom is -0.756 e. The smallest absolute Gasteiger partial charge is 0.280 e. The van der Waals surface area contributed by atoms with E-state index < -0.39 is 69.0 Å². The Kier molecular flexibility index (Phi) is 9.84. The summed E-state index contributed by atoms with van der Waals surface area (Å²) in [5.41, 5.74) is 6.17. The fraction of sp³-hybridized carbons (Fsp3) is 0.353. The molecule has 0 aliphatic carbocycles. The second-order valence-electron chi connectivity index (χ2n) is 8.22. The third-order valence-corrected chi connectivity index (χ3v) is 10.9. The molecular weight excluding hydrogens is 654 g/mol. The summed E-state index contributed by atoms with van der Waals surface area (Å²) >= 11 is 0. The average Bonchev–Trinajstić information content (AvgIpc) is 3.42. The van der Waals surface area contributed by atoms with Gasteiger partial charge in [-0.05, 0) is 5.56 Å². The van der Waals surface area contributed by atoms with E-state index in [-0.39, 0.29) is 22.5 Å². The lowest BCUT2D eigenvalue weighted by molar-refractivity contribution is -0.254. The molecule has 25 heteroatoms. The van der Waals surface area contributed by atoms with Crippen LogP contribution in [-0.4, -0.2) is 54.7 Å². The standard InChI is InChI=1S/C17H23N5O16P4/c18-15-12-16(20-8-19-15)22(9-21-12)17-14(24)13(23)11(35-17)7-34-40(27,28)37-42(31,32)38-41(29,30)36-39(25,26)33-6-10-4-2-1-3-5-10/h1-5,8-9,11,13-14,17,23-24H,6-7H2,(H,25,26)(H,27,28)(H,29,30)(H,31,32)(H2,18,19,20)/p-4/t11-,13?,14+,17-/m1/s1. The molecule has 8 atom stereocenters. The molecule has 0 amide bonds. The van der Waals surface area contributed by atoms with E-state index in [0.717, 1.165) is 17.2 Å². The van der Waals surface area contributed by atoms with Gasteiger partial charge in [-0.3, -0.25) is 22.8 Å². The maximum atomic E-state index is 12.1. The highest BCUT2D eigenvalue weighted by atomic mass is 31.3. The van der Waals surface area contributed by atoms with Crippen LogP contribution in [0.25, 0.3) is 11.2 Å². The van der Waals surface area contributed by atoms with Gasteiger partial charge < -0.3 is 49.3 Å². The van der Waals surface area contributed by atoms with E-state index in [1.165, 1.54) is 24.3 Å². The molecule has 2 aromatic heterocycles. The molecule has 4 rings (SSSR count). The summed E-state index contributed by atoms with van der Waals surface area (Å²) in [6.07, 6.45) is -4.31. The third kappa shape index (κ3) is 8.34. The van der Waals surface area contributed by atoms with E-state index >= 15 is 0 Å². The number of nitrogens with two attached hydrogens (primary N) is 1. The summed E-state index contributed by atoms with van der Waals surface area (Å²) < 4.78 is 73.4. The molecule has 1 aromatic carbocycles. The quantitative estimate of drug-likeness (QED) is 0.168. The first kappa shape index (κ1) is 32.9. The van der Waals surface area contributed by atoms with Crippen LogP contribution in [0.4, 0.5) is 5.82 Å². The molecule has 1 fully saturated rings. The van der Waals surface area contributed by atoms with E-state index in [1.54, 1.807) is 6.07 Å². The molecule has 0 spiro atoms. The molecule has 1 aliphatic rings. The van der Waals surface area contributed by atoms with Crippen molar-refractivity contribution in [3.63, 3.8) is 0 Å². The molecule has 3 heterocycles. The van der Waals surface area contributed by atoms with Crippen molar-refractivity contribution in [2.24, 2.45) is 0 Å². The number of benzene rings is 1. The van der Waals surface area contributed by atoms with Crippen LogP contribution in [0.2, 0.25) is 0 Å². The molecule has 42 heavy (non-hydrogen) atoms. The maximum Gasteiger partial charge on any atom is 0.280 e. The topological polar surface area (TPSA) is 326 Å². The Labute approximate surface area is 234 Å². The zero-order valence-corrected chi connectivity index (χ0v) is 24.1. The van der Waals surface area contributed by atoms with Crippen molar-refractivity contribution >= 4 is 48.3 Å².